The highest BCUT2D eigenvalue weighted by Crippen LogP contribution is 2.02. The van der Waals surface area contributed by atoms with Crippen LogP contribution in [0.25, 0.3) is 6.08 Å². The van der Waals surface area contributed by atoms with Gasteiger partial charge in [0, 0.05) is 11.8 Å². The quantitative estimate of drug-likeness (QED) is 0.587. The van der Waals surface area contributed by atoms with Gasteiger partial charge >= 0.3 is 0 Å². The Balaban J connectivity index is 2.71. The summed E-state index contributed by atoms with van der Waals surface area (Å²) in [6.45, 7) is 0. The molecular formula is C10H11NOS. The lowest BCUT2D eigenvalue weighted by molar-refractivity contribution is 0.112. The first-order valence-corrected chi connectivity index (χ1v) is 4.68. The molecule has 3 heteroatoms. The third-order valence-corrected chi connectivity index (χ3v) is 1.78. The van der Waals surface area contributed by atoms with E-state index in [-0.39, 0.29) is 0 Å². The highest BCUT2D eigenvalue weighted by atomic mass is 32.1. The van der Waals surface area contributed by atoms with Crippen LogP contribution in [0.3, 0.4) is 0 Å². The maximum absolute atomic E-state index is 10.4. The number of carbonyl (C=O) groups excluding carboxylic acids is 1. The van der Waals surface area contributed by atoms with Crippen molar-refractivity contribution in [3.8, 4) is 0 Å². The van der Waals surface area contributed by atoms with Crippen LogP contribution in [0.1, 0.15) is 22.5 Å². The number of nitrogens with zero attached hydrogens (tertiary/aromatic N) is 1. The van der Waals surface area contributed by atoms with Gasteiger partial charge in [-0.05, 0) is 30.4 Å². The van der Waals surface area contributed by atoms with Gasteiger partial charge < -0.3 is 0 Å². The summed E-state index contributed by atoms with van der Waals surface area (Å²) in [6.07, 6.45) is 7.24. The second-order valence-corrected chi connectivity index (χ2v) is 2.99. The maximum Gasteiger partial charge on any atom is 0.150 e. The number of aromatic nitrogens is 1. The fourth-order valence-corrected chi connectivity index (χ4v) is 1.06. The average molecular weight is 193 g/mol. The Kier molecular flexibility index (Phi) is 4.26. The Labute approximate surface area is 83.1 Å². The Hall–Kier alpha value is -1.09. The van der Waals surface area contributed by atoms with Gasteiger partial charge in [-0.15, -0.1) is 0 Å². The van der Waals surface area contributed by atoms with E-state index in [4.69, 9.17) is 0 Å². The van der Waals surface area contributed by atoms with Crippen LogP contribution in [0.15, 0.2) is 24.4 Å². The van der Waals surface area contributed by atoms with Gasteiger partial charge in [-0.25, -0.2) is 0 Å². The first-order valence-electron chi connectivity index (χ1n) is 4.05. The van der Waals surface area contributed by atoms with E-state index in [0.717, 1.165) is 24.2 Å². The molecule has 1 rings (SSSR count). The number of carbonyl (C=O) groups is 1. The molecule has 0 aliphatic heterocycles. The minimum Gasteiger partial charge on any atom is -0.298 e. The Morgan fingerprint density at radius 2 is 2.38 bits per heavy atom. The van der Waals surface area contributed by atoms with Crippen molar-refractivity contribution in [3.05, 3.63) is 35.7 Å². The molecule has 0 radical (unpaired) electrons. The van der Waals surface area contributed by atoms with Crippen LogP contribution >= 0.6 is 12.6 Å². The van der Waals surface area contributed by atoms with Crippen LogP contribution in [0.4, 0.5) is 0 Å². The summed E-state index contributed by atoms with van der Waals surface area (Å²) in [6, 6.07) is 3.44. The molecular weight excluding hydrogens is 182 g/mol. The van der Waals surface area contributed by atoms with Crippen molar-refractivity contribution in [2.45, 2.75) is 6.42 Å². The molecule has 2 nitrogen and oxygen atoms in total. The Morgan fingerprint density at radius 1 is 1.54 bits per heavy atom. The fourth-order valence-electron chi connectivity index (χ4n) is 0.909. The van der Waals surface area contributed by atoms with Crippen molar-refractivity contribution < 1.29 is 4.79 Å². The summed E-state index contributed by atoms with van der Waals surface area (Å²) >= 11 is 4.08. The Bertz CT molecular complexity index is 310. The average Bonchev–Trinajstić information content (AvgIpc) is 2.19. The summed E-state index contributed by atoms with van der Waals surface area (Å²) in [5.41, 5.74) is 1.46. The van der Waals surface area contributed by atoms with Crippen molar-refractivity contribution in [2.75, 3.05) is 5.75 Å². The molecule has 0 saturated heterocycles. The maximum atomic E-state index is 10.4. The lowest BCUT2D eigenvalue weighted by atomic mass is 10.2. The Morgan fingerprint density at radius 3 is 3.08 bits per heavy atom. The van der Waals surface area contributed by atoms with E-state index in [0.29, 0.717) is 5.56 Å². The number of thiol groups is 1. The summed E-state index contributed by atoms with van der Waals surface area (Å²) in [5.74, 6) is 0.823. The van der Waals surface area contributed by atoms with E-state index in [9.17, 15) is 4.79 Å². The minimum atomic E-state index is 0.653. The second-order valence-electron chi connectivity index (χ2n) is 2.55. The normalized spacial score (nSPS) is 10.5. The van der Waals surface area contributed by atoms with Crippen molar-refractivity contribution in [1.82, 2.24) is 4.98 Å². The van der Waals surface area contributed by atoms with Crippen LogP contribution in [0.2, 0.25) is 0 Å². The number of aldehydes is 1. The van der Waals surface area contributed by atoms with Crippen LogP contribution in [-0.4, -0.2) is 17.0 Å². The van der Waals surface area contributed by atoms with Gasteiger partial charge in [0.2, 0.25) is 0 Å². The van der Waals surface area contributed by atoms with Gasteiger partial charge in [0.15, 0.2) is 0 Å². The smallest absolute Gasteiger partial charge is 0.150 e. The molecule has 0 N–H and O–H groups in total. The monoisotopic (exact) mass is 193 g/mol. The fraction of sp³-hybridized carbons (Fsp3) is 0.200. The van der Waals surface area contributed by atoms with Crippen molar-refractivity contribution in [2.24, 2.45) is 0 Å². The lowest BCUT2D eigenvalue weighted by Crippen LogP contribution is -1.84. The van der Waals surface area contributed by atoms with E-state index in [1.54, 1.807) is 18.3 Å². The van der Waals surface area contributed by atoms with Crippen molar-refractivity contribution in [1.29, 1.82) is 0 Å². The topological polar surface area (TPSA) is 30.0 Å². The largest absolute Gasteiger partial charge is 0.298 e. The van der Waals surface area contributed by atoms with Gasteiger partial charge in [0.25, 0.3) is 0 Å². The SMILES string of the molecule is O=Cc1ccnc(C=CCCS)c1. The molecule has 13 heavy (non-hydrogen) atoms. The second kappa shape index (κ2) is 5.54. The molecule has 0 atom stereocenters. The zero-order valence-electron chi connectivity index (χ0n) is 7.18. The first kappa shape index (κ1) is 9.99. The molecule has 1 aromatic heterocycles. The van der Waals surface area contributed by atoms with Gasteiger partial charge in [0.1, 0.15) is 6.29 Å². The number of allylic oxidation sites excluding steroid dienone is 1. The third-order valence-electron chi connectivity index (χ3n) is 1.53. The van der Waals surface area contributed by atoms with Crippen LogP contribution in [0.5, 0.6) is 0 Å². The molecule has 1 heterocycles. The number of hydrogen-bond acceptors (Lipinski definition) is 3. The van der Waals surface area contributed by atoms with Crippen molar-refractivity contribution in [3.63, 3.8) is 0 Å². The van der Waals surface area contributed by atoms with E-state index in [2.05, 4.69) is 17.6 Å². The van der Waals surface area contributed by atoms with Crippen LogP contribution in [0, 0.1) is 0 Å². The molecule has 0 bridgehead atoms. The molecule has 0 fully saturated rings. The zero-order valence-corrected chi connectivity index (χ0v) is 8.08. The molecule has 0 spiro atoms. The third kappa shape index (κ3) is 3.42. The summed E-state index contributed by atoms with van der Waals surface area (Å²) in [5, 5.41) is 0. The van der Waals surface area contributed by atoms with E-state index in [1.807, 2.05) is 12.2 Å². The van der Waals surface area contributed by atoms with Gasteiger partial charge in [0.05, 0.1) is 5.69 Å². The molecule has 1 aromatic rings. The molecule has 0 aliphatic rings. The predicted octanol–water partition coefficient (Wildman–Crippen LogP) is 2.23. The number of pyridine rings is 1. The summed E-state index contributed by atoms with van der Waals surface area (Å²) in [7, 11) is 0. The molecule has 0 saturated carbocycles. The van der Waals surface area contributed by atoms with Gasteiger partial charge in [-0.2, -0.15) is 12.6 Å². The highest BCUT2D eigenvalue weighted by Gasteiger charge is 1.91. The summed E-state index contributed by atoms with van der Waals surface area (Å²) in [4.78, 5) is 14.5. The number of rotatable bonds is 4. The molecule has 0 aromatic carbocycles. The zero-order chi connectivity index (χ0) is 9.52. The van der Waals surface area contributed by atoms with Crippen LogP contribution < -0.4 is 0 Å². The number of hydrogen-bond donors (Lipinski definition) is 1. The molecule has 0 amide bonds. The molecule has 0 unspecified atom stereocenters. The predicted molar refractivity (Wildman–Crippen MR) is 57.1 cm³/mol. The van der Waals surface area contributed by atoms with E-state index >= 15 is 0 Å². The molecule has 68 valence electrons. The standard InChI is InChI=1S/C10H11NOS/c12-8-9-4-5-11-10(7-9)3-1-2-6-13/h1,3-5,7-8,13H,2,6H2. The highest BCUT2D eigenvalue weighted by molar-refractivity contribution is 7.80. The molecule has 0 aliphatic carbocycles. The van der Waals surface area contributed by atoms with Gasteiger partial charge in [-0.3, -0.25) is 9.78 Å². The van der Waals surface area contributed by atoms with E-state index in [1.165, 1.54) is 0 Å². The van der Waals surface area contributed by atoms with E-state index < -0.39 is 0 Å². The minimum absolute atomic E-state index is 0.653. The van der Waals surface area contributed by atoms with Gasteiger partial charge in [-0.1, -0.05) is 6.08 Å². The first-order chi connectivity index (χ1) is 6.36. The van der Waals surface area contributed by atoms with Crippen LogP contribution in [-0.2, 0) is 0 Å². The summed E-state index contributed by atoms with van der Waals surface area (Å²) < 4.78 is 0. The van der Waals surface area contributed by atoms with Crippen molar-refractivity contribution >= 4 is 25.0 Å². The lowest BCUT2D eigenvalue weighted by Gasteiger charge is -1.93.